The molecule has 0 aromatic heterocycles. The second-order valence-electron chi connectivity index (χ2n) is 8.22. The lowest BCUT2D eigenvalue weighted by Gasteiger charge is -2.26. The lowest BCUT2D eigenvalue weighted by Crippen LogP contribution is -2.32. The predicted octanol–water partition coefficient (Wildman–Crippen LogP) is 3.48. The summed E-state index contributed by atoms with van der Waals surface area (Å²) >= 11 is 0. The number of rotatable bonds is 10. The molecule has 2 aromatic rings. The Bertz CT molecular complexity index is 1060. The summed E-state index contributed by atoms with van der Waals surface area (Å²) < 4.78 is 16.3. The van der Waals surface area contributed by atoms with Crippen molar-refractivity contribution in [1.82, 2.24) is 9.80 Å². The van der Waals surface area contributed by atoms with Crippen molar-refractivity contribution in [2.24, 2.45) is 0 Å². The summed E-state index contributed by atoms with van der Waals surface area (Å²) in [6.45, 7) is 3.46. The van der Waals surface area contributed by atoms with Gasteiger partial charge in [0, 0.05) is 12.1 Å². The molecule has 0 spiro atoms. The fraction of sp³-hybridized carbons (Fsp3) is 0.385. The van der Waals surface area contributed by atoms with E-state index in [9.17, 15) is 14.7 Å². The highest BCUT2D eigenvalue weighted by molar-refractivity contribution is 6.46. The SMILES string of the molecule is CCOc1ccc(C2C(=C(O)c3ccc(OC)cc3)C(=O)C(=O)N2CCCN(C)C)cc1OC. The van der Waals surface area contributed by atoms with Crippen molar-refractivity contribution in [2.75, 3.05) is 48.0 Å². The zero-order chi connectivity index (χ0) is 24.8. The quantitative estimate of drug-likeness (QED) is 0.324. The first-order valence-corrected chi connectivity index (χ1v) is 11.2. The average molecular weight is 469 g/mol. The molecule has 3 rings (SSSR count). The highest BCUT2D eigenvalue weighted by Gasteiger charge is 2.46. The molecule has 1 saturated heterocycles. The van der Waals surface area contributed by atoms with E-state index in [1.807, 2.05) is 25.9 Å². The van der Waals surface area contributed by atoms with Crippen molar-refractivity contribution in [3.8, 4) is 17.2 Å². The van der Waals surface area contributed by atoms with Crippen molar-refractivity contribution >= 4 is 17.4 Å². The molecule has 34 heavy (non-hydrogen) atoms. The van der Waals surface area contributed by atoms with Crippen LogP contribution in [0.3, 0.4) is 0 Å². The van der Waals surface area contributed by atoms with Gasteiger partial charge in [-0.15, -0.1) is 0 Å². The van der Waals surface area contributed by atoms with E-state index in [1.165, 1.54) is 12.0 Å². The first kappa shape index (κ1) is 25.1. The Labute approximate surface area is 200 Å². The number of carbonyl (C=O) groups is 2. The van der Waals surface area contributed by atoms with Gasteiger partial charge in [0.25, 0.3) is 11.7 Å². The summed E-state index contributed by atoms with van der Waals surface area (Å²) in [5.74, 6) is 0.0984. The number of ether oxygens (including phenoxy) is 3. The average Bonchev–Trinajstić information content (AvgIpc) is 3.09. The number of hydrogen-bond donors (Lipinski definition) is 1. The first-order chi connectivity index (χ1) is 16.3. The maximum absolute atomic E-state index is 13.2. The summed E-state index contributed by atoms with van der Waals surface area (Å²) in [6, 6.07) is 11.2. The number of ketones is 1. The zero-order valence-electron chi connectivity index (χ0n) is 20.3. The Hall–Kier alpha value is -3.52. The van der Waals surface area contributed by atoms with Gasteiger partial charge >= 0.3 is 0 Å². The summed E-state index contributed by atoms with van der Waals surface area (Å²) in [5, 5.41) is 11.2. The Morgan fingerprint density at radius 1 is 1.03 bits per heavy atom. The van der Waals surface area contributed by atoms with Crippen LogP contribution in [0.15, 0.2) is 48.0 Å². The van der Waals surface area contributed by atoms with Gasteiger partial charge in [0.05, 0.1) is 32.4 Å². The number of methoxy groups -OCH3 is 2. The fourth-order valence-corrected chi connectivity index (χ4v) is 4.05. The number of nitrogens with zero attached hydrogens (tertiary/aromatic N) is 2. The van der Waals surface area contributed by atoms with Crippen LogP contribution in [0.5, 0.6) is 17.2 Å². The zero-order valence-corrected chi connectivity index (χ0v) is 20.3. The van der Waals surface area contributed by atoms with Gasteiger partial charge in [-0.25, -0.2) is 0 Å². The van der Waals surface area contributed by atoms with E-state index in [0.29, 0.717) is 47.9 Å². The molecule has 1 aliphatic rings. The normalized spacial score (nSPS) is 17.4. The topological polar surface area (TPSA) is 88.5 Å². The van der Waals surface area contributed by atoms with Gasteiger partial charge in [0.2, 0.25) is 0 Å². The van der Waals surface area contributed by atoms with Crippen LogP contribution in [0.4, 0.5) is 0 Å². The van der Waals surface area contributed by atoms with Crippen molar-refractivity contribution in [2.45, 2.75) is 19.4 Å². The lowest BCUT2D eigenvalue weighted by molar-refractivity contribution is -0.139. The molecular weight excluding hydrogens is 436 g/mol. The van der Waals surface area contributed by atoms with Crippen molar-refractivity contribution in [3.05, 3.63) is 59.2 Å². The largest absolute Gasteiger partial charge is 0.507 e. The standard InChI is InChI=1S/C26H32N2O6/c1-6-34-20-13-10-18(16-21(20)33-5)23-22(24(29)17-8-11-19(32-4)12-9-17)25(30)26(31)28(23)15-7-14-27(2)3/h8-13,16,23,29H,6-7,14-15H2,1-5H3. The number of aliphatic hydroxyl groups excluding tert-OH is 1. The summed E-state index contributed by atoms with van der Waals surface area (Å²) in [6.07, 6.45) is 0.674. The number of likely N-dealkylation sites (tertiary alicyclic amines) is 1. The molecule has 8 heteroatoms. The van der Waals surface area contributed by atoms with Crippen LogP contribution in [0.25, 0.3) is 5.76 Å². The number of benzene rings is 2. The molecule has 1 unspecified atom stereocenters. The van der Waals surface area contributed by atoms with E-state index in [-0.39, 0.29) is 11.3 Å². The summed E-state index contributed by atoms with van der Waals surface area (Å²) in [5.41, 5.74) is 1.13. The number of Topliss-reactive ketones (excluding diaryl/α,β-unsaturated/α-hetero) is 1. The number of carbonyl (C=O) groups excluding carboxylic acids is 2. The highest BCUT2D eigenvalue weighted by Crippen LogP contribution is 2.42. The molecular formula is C26H32N2O6. The monoisotopic (exact) mass is 468 g/mol. The molecule has 1 heterocycles. The Morgan fingerprint density at radius 2 is 1.74 bits per heavy atom. The molecule has 182 valence electrons. The van der Waals surface area contributed by atoms with Gasteiger partial charge in [-0.1, -0.05) is 6.07 Å². The van der Waals surface area contributed by atoms with E-state index >= 15 is 0 Å². The molecule has 0 radical (unpaired) electrons. The number of hydrogen-bond acceptors (Lipinski definition) is 7. The molecule has 1 fully saturated rings. The minimum Gasteiger partial charge on any atom is -0.507 e. The van der Waals surface area contributed by atoms with Crippen molar-refractivity contribution in [1.29, 1.82) is 0 Å². The van der Waals surface area contributed by atoms with Crippen LogP contribution in [0.2, 0.25) is 0 Å². The molecule has 2 aromatic carbocycles. The van der Waals surface area contributed by atoms with Gasteiger partial charge < -0.3 is 29.1 Å². The second kappa shape index (κ2) is 11.1. The lowest BCUT2D eigenvalue weighted by atomic mass is 9.95. The van der Waals surface area contributed by atoms with E-state index in [2.05, 4.69) is 0 Å². The smallest absolute Gasteiger partial charge is 0.295 e. The van der Waals surface area contributed by atoms with E-state index in [1.54, 1.807) is 49.6 Å². The molecule has 8 nitrogen and oxygen atoms in total. The minimum absolute atomic E-state index is 0.0474. The molecule has 1 atom stereocenters. The molecule has 1 aliphatic heterocycles. The van der Waals surface area contributed by atoms with Gasteiger partial charge in [0.1, 0.15) is 11.5 Å². The minimum atomic E-state index is -0.756. The van der Waals surface area contributed by atoms with Gasteiger partial charge in [-0.2, -0.15) is 0 Å². The van der Waals surface area contributed by atoms with Crippen LogP contribution >= 0.6 is 0 Å². The summed E-state index contributed by atoms with van der Waals surface area (Å²) in [4.78, 5) is 29.8. The molecule has 0 aliphatic carbocycles. The Kier molecular flexibility index (Phi) is 8.17. The first-order valence-electron chi connectivity index (χ1n) is 11.2. The Balaban J connectivity index is 2.12. The van der Waals surface area contributed by atoms with E-state index < -0.39 is 17.7 Å². The maximum atomic E-state index is 13.2. The molecule has 0 saturated carbocycles. The van der Waals surface area contributed by atoms with Crippen LogP contribution < -0.4 is 14.2 Å². The van der Waals surface area contributed by atoms with E-state index in [4.69, 9.17) is 14.2 Å². The van der Waals surface area contributed by atoms with Gasteiger partial charge in [-0.3, -0.25) is 9.59 Å². The molecule has 0 bridgehead atoms. The second-order valence-corrected chi connectivity index (χ2v) is 8.22. The number of amides is 1. The van der Waals surface area contributed by atoms with Crippen LogP contribution in [0.1, 0.15) is 30.5 Å². The highest BCUT2D eigenvalue weighted by atomic mass is 16.5. The van der Waals surface area contributed by atoms with E-state index in [0.717, 1.165) is 6.54 Å². The number of aliphatic hydroxyl groups is 1. The maximum Gasteiger partial charge on any atom is 0.295 e. The third kappa shape index (κ3) is 5.17. The van der Waals surface area contributed by atoms with Crippen LogP contribution in [-0.2, 0) is 9.59 Å². The van der Waals surface area contributed by atoms with Gasteiger partial charge in [0.15, 0.2) is 11.5 Å². The Morgan fingerprint density at radius 3 is 2.32 bits per heavy atom. The van der Waals surface area contributed by atoms with Crippen LogP contribution in [-0.4, -0.2) is 74.6 Å². The molecule has 1 amide bonds. The van der Waals surface area contributed by atoms with Crippen molar-refractivity contribution < 1.29 is 28.9 Å². The van der Waals surface area contributed by atoms with Crippen LogP contribution in [0, 0.1) is 0 Å². The third-order valence-electron chi connectivity index (χ3n) is 5.71. The third-order valence-corrected chi connectivity index (χ3v) is 5.71. The van der Waals surface area contributed by atoms with Crippen molar-refractivity contribution in [3.63, 3.8) is 0 Å². The predicted molar refractivity (Wildman–Crippen MR) is 129 cm³/mol. The fourth-order valence-electron chi connectivity index (χ4n) is 4.05. The molecule has 1 N–H and O–H groups in total. The van der Waals surface area contributed by atoms with Gasteiger partial charge in [-0.05, 0) is 75.9 Å². The summed E-state index contributed by atoms with van der Waals surface area (Å²) in [7, 11) is 6.99.